The predicted octanol–water partition coefficient (Wildman–Crippen LogP) is 2.28. The zero-order chi connectivity index (χ0) is 18.5. The molecular weight excluding hydrogens is 326 g/mol. The van der Waals surface area contributed by atoms with E-state index in [-0.39, 0.29) is 11.9 Å². The first-order valence-corrected chi connectivity index (χ1v) is 9.15. The minimum Gasteiger partial charge on any atom is -0.349 e. The summed E-state index contributed by atoms with van der Waals surface area (Å²) >= 11 is 0. The predicted molar refractivity (Wildman–Crippen MR) is 103 cm³/mol. The Kier molecular flexibility index (Phi) is 5.83. The number of hydrogen-bond acceptors (Lipinski definition) is 5. The van der Waals surface area contributed by atoms with Gasteiger partial charge >= 0.3 is 0 Å². The second-order valence-corrected chi connectivity index (χ2v) is 7.06. The molecule has 0 aliphatic carbocycles. The molecule has 1 aliphatic rings. The van der Waals surface area contributed by atoms with E-state index in [1.807, 2.05) is 23.1 Å². The molecule has 1 aromatic carbocycles. The molecule has 3 rings (SSSR count). The summed E-state index contributed by atoms with van der Waals surface area (Å²) in [5.41, 5.74) is 1.64. The Bertz CT molecular complexity index is 709. The lowest BCUT2D eigenvalue weighted by molar-refractivity contribution is 0.0658. The molecule has 6 heteroatoms. The molecule has 2 aromatic rings. The number of aromatic nitrogens is 2. The summed E-state index contributed by atoms with van der Waals surface area (Å²) in [5, 5.41) is 0. The zero-order valence-electron chi connectivity index (χ0n) is 15.8. The highest BCUT2D eigenvalue weighted by molar-refractivity contribution is 5.92. The number of likely N-dealkylation sites (N-methyl/N-ethyl adjacent to an activating group) is 1. The summed E-state index contributed by atoms with van der Waals surface area (Å²) in [5.74, 6) is 0.759. The van der Waals surface area contributed by atoms with Crippen molar-refractivity contribution in [1.82, 2.24) is 19.8 Å². The molecule has 0 radical (unpaired) electrons. The molecule has 0 unspecified atom stereocenters. The van der Waals surface area contributed by atoms with Crippen LogP contribution >= 0.6 is 0 Å². The minimum atomic E-state index is -0.0312. The fourth-order valence-electron chi connectivity index (χ4n) is 3.06. The number of carbonyl (C=O) groups excluding carboxylic acids is 1. The third kappa shape index (κ3) is 4.38. The molecule has 0 saturated carbocycles. The van der Waals surface area contributed by atoms with Gasteiger partial charge in [0.1, 0.15) is 11.5 Å². The number of rotatable bonds is 5. The minimum absolute atomic E-state index is 0.0312. The Morgan fingerprint density at radius 3 is 2.35 bits per heavy atom. The van der Waals surface area contributed by atoms with Gasteiger partial charge in [-0.1, -0.05) is 30.3 Å². The van der Waals surface area contributed by atoms with E-state index in [0.29, 0.717) is 5.69 Å². The number of amides is 1. The Hall–Kier alpha value is -2.47. The van der Waals surface area contributed by atoms with Gasteiger partial charge in [-0.15, -0.1) is 0 Å². The van der Waals surface area contributed by atoms with Crippen LogP contribution in [0.1, 0.15) is 29.9 Å². The summed E-state index contributed by atoms with van der Waals surface area (Å²) in [6, 6.07) is 10.6. The van der Waals surface area contributed by atoms with Crippen molar-refractivity contribution in [2.45, 2.75) is 26.4 Å². The first-order valence-electron chi connectivity index (χ1n) is 9.15. The standard InChI is InChI=1S/C20H27N5O/c1-16(2)25(15-17-7-5-4-6-8-17)19-14-21-18(13-22-19)20(26)24-11-9-23(3)10-12-24/h4-8,13-14,16H,9-12,15H2,1-3H3. The van der Waals surface area contributed by atoms with Gasteiger partial charge in [0.15, 0.2) is 0 Å². The van der Waals surface area contributed by atoms with Crippen LogP contribution in [0, 0.1) is 0 Å². The van der Waals surface area contributed by atoms with E-state index in [1.54, 1.807) is 12.4 Å². The smallest absolute Gasteiger partial charge is 0.274 e. The molecule has 1 aromatic heterocycles. The second-order valence-electron chi connectivity index (χ2n) is 7.06. The summed E-state index contributed by atoms with van der Waals surface area (Å²) in [6.45, 7) is 8.31. The molecule has 2 heterocycles. The van der Waals surface area contributed by atoms with Gasteiger partial charge in [-0.25, -0.2) is 9.97 Å². The lowest BCUT2D eigenvalue weighted by atomic mass is 10.2. The van der Waals surface area contributed by atoms with Gasteiger partial charge in [-0.2, -0.15) is 0 Å². The molecule has 0 bridgehead atoms. The van der Waals surface area contributed by atoms with Crippen LogP contribution < -0.4 is 4.90 Å². The molecule has 0 N–H and O–H groups in total. The lowest BCUT2D eigenvalue weighted by Gasteiger charge is -2.32. The Morgan fingerprint density at radius 1 is 1.08 bits per heavy atom. The largest absolute Gasteiger partial charge is 0.349 e. The first-order chi connectivity index (χ1) is 12.5. The number of nitrogens with zero attached hydrogens (tertiary/aromatic N) is 5. The molecule has 138 valence electrons. The van der Waals surface area contributed by atoms with Gasteiger partial charge in [-0.05, 0) is 26.5 Å². The van der Waals surface area contributed by atoms with Crippen LogP contribution in [0.4, 0.5) is 5.82 Å². The van der Waals surface area contributed by atoms with Gasteiger partial charge in [0.05, 0.1) is 12.4 Å². The van der Waals surface area contributed by atoms with Crippen molar-refractivity contribution in [3.05, 3.63) is 54.0 Å². The SMILES string of the molecule is CC(C)N(Cc1ccccc1)c1cnc(C(=O)N2CCN(C)CC2)cn1. The van der Waals surface area contributed by atoms with E-state index in [2.05, 4.69) is 52.8 Å². The van der Waals surface area contributed by atoms with Crippen LogP contribution in [0.5, 0.6) is 0 Å². The van der Waals surface area contributed by atoms with Crippen molar-refractivity contribution in [2.75, 3.05) is 38.1 Å². The van der Waals surface area contributed by atoms with E-state index in [1.165, 1.54) is 5.56 Å². The molecule has 26 heavy (non-hydrogen) atoms. The average molecular weight is 353 g/mol. The van der Waals surface area contributed by atoms with Gasteiger partial charge in [0.25, 0.3) is 5.91 Å². The highest BCUT2D eigenvalue weighted by Gasteiger charge is 2.22. The third-order valence-electron chi connectivity index (χ3n) is 4.76. The van der Waals surface area contributed by atoms with Crippen LogP contribution in [-0.4, -0.2) is 64.9 Å². The quantitative estimate of drug-likeness (QED) is 0.825. The van der Waals surface area contributed by atoms with Crippen molar-refractivity contribution < 1.29 is 4.79 Å². The van der Waals surface area contributed by atoms with Crippen LogP contribution in [0.2, 0.25) is 0 Å². The number of carbonyl (C=O) groups is 1. The summed E-state index contributed by atoms with van der Waals surface area (Å²) in [7, 11) is 2.07. The third-order valence-corrected chi connectivity index (χ3v) is 4.76. The van der Waals surface area contributed by atoms with Crippen molar-refractivity contribution in [1.29, 1.82) is 0 Å². The van der Waals surface area contributed by atoms with E-state index in [9.17, 15) is 4.79 Å². The molecule has 1 fully saturated rings. The van der Waals surface area contributed by atoms with Crippen LogP contribution in [-0.2, 0) is 6.54 Å². The zero-order valence-corrected chi connectivity index (χ0v) is 15.8. The lowest BCUT2D eigenvalue weighted by Crippen LogP contribution is -2.47. The van der Waals surface area contributed by atoms with Crippen molar-refractivity contribution >= 4 is 11.7 Å². The Labute approximate surface area is 155 Å². The molecule has 1 saturated heterocycles. The highest BCUT2D eigenvalue weighted by atomic mass is 16.2. The summed E-state index contributed by atoms with van der Waals surface area (Å²) < 4.78 is 0. The van der Waals surface area contributed by atoms with Gasteiger partial charge in [0, 0.05) is 38.8 Å². The Balaban J connectivity index is 1.71. The first kappa shape index (κ1) is 18.3. The van der Waals surface area contributed by atoms with Crippen molar-refractivity contribution in [2.24, 2.45) is 0 Å². The summed E-state index contributed by atoms with van der Waals surface area (Å²) in [6.07, 6.45) is 3.32. The maximum Gasteiger partial charge on any atom is 0.274 e. The summed E-state index contributed by atoms with van der Waals surface area (Å²) in [4.78, 5) is 27.8. The molecule has 6 nitrogen and oxygen atoms in total. The van der Waals surface area contributed by atoms with Gasteiger partial charge in [-0.3, -0.25) is 4.79 Å². The monoisotopic (exact) mass is 353 g/mol. The Morgan fingerprint density at radius 2 is 1.77 bits per heavy atom. The van der Waals surface area contributed by atoms with Crippen molar-refractivity contribution in [3.63, 3.8) is 0 Å². The van der Waals surface area contributed by atoms with E-state index >= 15 is 0 Å². The number of piperazine rings is 1. The number of hydrogen-bond donors (Lipinski definition) is 0. The number of anilines is 1. The molecule has 0 spiro atoms. The highest BCUT2D eigenvalue weighted by Crippen LogP contribution is 2.17. The van der Waals surface area contributed by atoms with Crippen LogP contribution in [0.3, 0.4) is 0 Å². The normalized spacial score (nSPS) is 15.3. The fourth-order valence-corrected chi connectivity index (χ4v) is 3.06. The molecule has 1 amide bonds. The molecule has 1 aliphatic heterocycles. The fraction of sp³-hybridized carbons (Fsp3) is 0.450. The second kappa shape index (κ2) is 8.27. The van der Waals surface area contributed by atoms with E-state index in [0.717, 1.165) is 38.5 Å². The maximum absolute atomic E-state index is 12.6. The number of benzene rings is 1. The average Bonchev–Trinajstić information content (AvgIpc) is 2.67. The van der Waals surface area contributed by atoms with E-state index < -0.39 is 0 Å². The topological polar surface area (TPSA) is 52.6 Å². The molecular formula is C20H27N5O. The van der Waals surface area contributed by atoms with E-state index in [4.69, 9.17) is 0 Å². The van der Waals surface area contributed by atoms with Gasteiger partial charge < -0.3 is 14.7 Å². The van der Waals surface area contributed by atoms with Crippen molar-refractivity contribution in [3.8, 4) is 0 Å². The van der Waals surface area contributed by atoms with Crippen LogP contribution in [0.25, 0.3) is 0 Å². The van der Waals surface area contributed by atoms with Gasteiger partial charge in [0.2, 0.25) is 0 Å². The molecule has 0 atom stereocenters. The maximum atomic E-state index is 12.6. The van der Waals surface area contributed by atoms with Crippen LogP contribution in [0.15, 0.2) is 42.7 Å².